The van der Waals surface area contributed by atoms with Gasteiger partial charge < -0.3 is 29.4 Å². The zero-order valence-corrected chi connectivity index (χ0v) is 19.1. The number of ether oxygens (including phenoxy) is 5. The van der Waals surface area contributed by atoms with Crippen LogP contribution in [-0.2, 0) is 23.7 Å². The van der Waals surface area contributed by atoms with Crippen molar-refractivity contribution in [2.24, 2.45) is 0 Å². The van der Waals surface area contributed by atoms with Gasteiger partial charge in [-0.3, -0.25) is 4.79 Å². The molecule has 0 heterocycles. The number of esters is 1. The Morgan fingerprint density at radius 1 is 0.742 bits per heavy atom. The SMILES string of the molecule is CCCCCCCCCC(=O)OCCOCCOCCOCCOc1ccccc1N. The summed E-state index contributed by atoms with van der Waals surface area (Å²) in [6.07, 6.45) is 8.86. The topological polar surface area (TPSA) is 89.2 Å². The minimum atomic E-state index is -0.135. The molecule has 1 aromatic carbocycles. The Balaban J connectivity index is 1.76. The van der Waals surface area contributed by atoms with E-state index >= 15 is 0 Å². The van der Waals surface area contributed by atoms with Crippen LogP contribution >= 0.6 is 0 Å². The lowest BCUT2D eigenvalue weighted by molar-refractivity contribution is -0.145. The number of anilines is 1. The maximum Gasteiger partial charge on any atom is 0.305 e. The molecule has 0 unspecified atom stereocenters. The first-order valence-corrected chi connectivity index (χ1v) is 11.6. The number of nitrogens with two attached hydrogens (primary N) is 1. The number of hydrogen-bond donors (Lipinski definition) is 1. The summed E-state index contributed by atoms with van der Waals surface area (Å²) in [6.45, 7) is 5.73. The molecule has 0 aromatic heterocycles. The lowest BCUT2D eigenvalue weighted by Crippen LogP contribution is -2.15. The molecule has 0 spiro atoms. The third kappa shape index (κ3) is 16.5. The van der Waals surface area contributed by atoms with Gasteiger partial charge in [0.2, 0.25) is 0 Å². The van der Waals surface area contributed by atoms with E-state index in [9.17, 15) is 4.79 Å². The van der Waals surface area contributed by atoms with E-state index in [1.54, 1.807) is 6.07 Å². The van der Waals surface area contributed by atoms with Gasteiger partial charge in [0.05, 0.1) is 45.3 Å². The second kappa shape index (κ2) is 20.1. The quantitative estimate of drug-likeness (QED) is 0.173. The van der Waals surface area contributed by atoms with Gasteiger partial charge in [0.1, 0.15) is 19.0 Å². The molecule has 178 valence electrons. The van der Waals surface area contributed by atoms with E-state index in [1.807, 2.05) is 18.2 Å². The van der Waals surface area contributed by atoms with Crippen LogP contribution in [0.25, 0.3) is 0 Å². The molecule has 0 radical (unpaired) electrons. The predicted octanol–water partition coefficient (Wildman–Crippen LogP) is 4.38. The molecule has 0 amide bonds. The maximum atomic E-state index is 11.6. The minimum absolute atomic E-state index is 0.135. The molecule has 7 heteroatoms. The van der Waals surface area contributed by atoms with Crippen LogP contribution in [-0.4, -0.2) is 58.8 Å². The number of rotatable bonds is 21. The summed E-state index contributed by atoms with van der Waals surface area (Å²) in [5.74, 6) is 0.535. The van der Waals surface area contributed by atoms with Crippen LogP contribution in [0.4, 0.5) is 5.69 Å². The molecule has 0 saturated carbocycles. The number of carbonyl (C=O) groups is 1. The molecular formula is C24H41NO6. The molecule has 1 rings (SSSR count). The summed E-state index contributed by atoms with van der Waals surface area (Å²) in [4.78, 5) is 11.6. The highest BCUT2D eigenvalue weighted by Gasteiger charge is 2.02. The summed E-state index contributed by atoms with van der Waals surface area (Å²) in [5.41, 5.74) is 6.41. The standard InChI is InChI=1S/C24H41NO6/c1-2-3-4-5-6-7-8-13-24(26)31-21-19-29-17-15-27-14-16-28-18-20-30-23-12-10-9-11-22(23)25/h9-12H,2-8,13-21,25H2,1H3. The van der Waals surface area contributed by atoms with Gasteiger partial charge in [0.15, 0.2) is 0 Å². The van der Waals surface area contributed by atoms with E-state index in [4.69, 9.17) is 29.4 Å². The third-order valence-corrected chi connectivity index (χ3v) is 4.62. The molecule has 1 aromatic rings. The van der Waals surface area contributed by atoms with Gasteiger partial charge in [-0.25, -0.2) is 0 Å². The molecule has 2 N–H and O–H groups in total. The number of nitrogen functional groups attached to an aromatic ring is 1. The first kappa shape index (κ1) is 27.2. The molecule has 0 fully saturated rings. The van der Waals surface area contributed by atoms with Crippen LogP contribution in [0.2, 0.25) is 0 Å². The Morgan fingerprint density at radius 3 is 1.94 bits per heavy atom. The Bertz CT molecular complexity index is 555. The highest BCUT2D eigenvalue weighted by molar-refractivity contribution is 5.69. The summed E-state index contributed by atoms with van der Waals surface area (Å²) < 4.78 is 27.0. The number of benzene rings is 1. The molecule has 0 aliphatic carbocycles. The highest BCUT2D eigenvalue weighted by atomic mass is 16.6. The molecule has 0 bridgehead atoms. The zero-order valence-electron chi connectivity index (χ0n) is 19.1. The van der Waals surface area contributed by atoms with Crippen LogP contribution in [0.1, 0.15) is 58.3 Å². The van der Waals surface area contributed by atoms with E-state index in [1.165, 1.54) is 32.1 Å². The van der Waals surface area contributed by atoms with Gasteiger partial charge in [-0.1, -0.05) is 57.6 Å². The van der Waals surface area contributed by atoms with Crippen molar-refractivity contribution in [2.75, 3.05) is 58.6 Å². The van der Waals surface area contributed by atoms with Crippen molar-refractivity contribution in [3.05, 3.63) is 24.3 Å². The monoisotopic (exact) mass is 439 g/mol. The Labute approximate surface area is 187 Å². The highest BCUT2D eigenvalue weighted by Crippen LogP contribution is 2.19. The largest absolute Gasteiger partial charge is 0.489 e. The molecule has 0 saturated heterocycles. The van der Waals surface area contributed by atoms with E-state index in [0.717, 1.165) is 12.8 Å². The smallest absolute Gasteiger partial charge is 0.305 e. The van der Waals surface area contributed by atoms with Crippen molar-refractivity contribution in [3.8, 4) is 5.75 Å². The van der Waals surface area contributed by atoms with Crippen molar-refractivity contribution in [3.63, 3.8) is 0 Å². The molecule has 0 aliphatic rings. The summed E-state index contributed by atoms with van der Waals surface area (Å²) in [6, 6.07) is 7.37. The summed E-state index contributed by atoms with van der Waals surface area (Å²) in [7, 11) is 0. The van der Waals surface area contributed by atoms with Crippen molar-refractivity contribution in [1.82, 2.24) is 0 Å². The summed E-state index contributed by atoms with van der Waals surface area (Å²) >= 11 is 0. The van der Waals surface area contributed by atoms with Gasteiger partial charge in [-0.05, 0) is 18.6 Å². The van der Waals surface area contributed by atoms with Crippen LogP contribution in [0.3, 0.4) is 0 Å². The van der Waals surface area contributed by atoms with E-state index in [0.29, 0.717) is 70.7 Å². The van der Waals surface area contributed by atoms with E-state index < -0.39 is 0 Å². The summed E-state index contributed by atoms with van der Waals surface area (Å²) in [5, 5.41) is 0. The van der Waals surface area contributed by atoms with Crippen molar-refractivity contribution in [2.45, 2.75) is 58.3 Å². The van der Waals surface area contributed by atoms with Gasteiger partial charge in [0, 0.05) is 6.42 Å². The fourth-order valence-corrected chi connectivity index (χ4v) is 2.88. The number of hydrogen-bond acceptors (Lipinski definition) is 7. The first-order valence-electron chi connectivity index (χ1n) is 11.6. The fraction of sp³-hybridized carbons (Fsp3) is 0.708. The number of para-hydroxylation sites is 2. The maximum absolute atomic E-state index is 11.6. The van der Waals surface area contributed by atoms with Crippen molar-refractivity contribution >= 4 is 11.7 Å². The van der Waals surface area contributed by atoms with Gasteiger partial charge >= 0.3 is 5.97 Å². The Kier molecular flexibility index (Phi) is 17.6. The lowest BCUT2D eigenvalue weighted by Gasteiger charge is -2.09. The number of carbonyl (C=O) groups excluding carboxylic acids is 1. The average Bonchev–Trinajstić information content (AvgIpc) is 2.77. The normalized spacial score (nSPS) is 10.9. The van der Waals surface area contributed by atoms with Gasteiger partial charge in [0.25, 0.3) is 0 Å². The van der Waals surface area contributed by atoms with Gasteiger partial charge in [-0.15, -0.1) is 0 Å². The van der Waals surface area contributed by atoms with Crippen LogP contribution in [0.15, 0.2) is 24.3 Å². The van der Waals surface area contributed by atoms with Crippen LogP contribution in [0.5, 0.6) is 5.75 Å². The molecule has 0 aliphatic heterocycles. The molecule has 7 nitrogen and oxygen atoms in total. The van der Waals surface area contributed by atoms with Crippen LogP contribution < -0.4 is 10.5 Å². The lowest BCUT2D eigenvalue weighted by atomic mass is 10.1. The Morgan fingerprint density at radius 2 is 1.29 bits per heavy atom. The van der Waals surface area contributed by atoms with Crippen LogP contribution in [0, 0.1) is 0 Å². The molecule has 0 atom stereocenters. The van der Waals surface area contributed by atoms with E-state index in [-0.39, 0.29) is 5.97 Å². The Hall–Kier alpha value is -1.83. The fourth-order valence-electron chi connectivity index (χ4n) is 2.88. The molecular weight excluding hydrogens is 398 g/mol. The predicted molar refractivity (Wildman–Crippen MR) is 122 cm³/mol. The second-order valence-corrected chi connectivity index (χ2v) is 7.32. The zero-order chi connectivity index (χ0) is 22.4. The van der Waals surface area contributed by atoms with Crippen molar-refractivity contribution < 1.29 is 28.5 Å². The number of unbranched alkanes of at least 4 members (excludes halogenated alkanes) is 6. The molecule has 31 heavy (non-hydrogen) atoms. The average molecular weight is 440 g/mol. The van der Waals surface area contributed by atoms with Gasteiger partial charge in [-0.2, -0.15) is 0 Å². The van der Waals surface area contributed by atoms with Crippen molar-refractivity contribution in [1.29, 1.82) is 0 Å². The minimum Gasteiger partial charge on any atom is -0.489 e. The van der Waals surface area contributed by atoms with E-state index in [2.05, 4.69) is 6.92 Å². The third-order valence-electron chi connectivity index (χ3n) is 4.62. The first-order chi connectivity index (χ1) is 15.2. The second-order valence-electron chi connectivity index (χ2n) is 7.32.